The molecule has 3 aromatic rings. The van der Waals surface area contributed by atoms with Crippen molar-refractivity contribution < 1.29 is 18.3 Å². The Kier molecular flexibility index (Phi) is 4.81. The zero-order valence-corrected chi connectivity index (χ0v) is 13.1. The Morgan fingerprint density at radius 1 is 1.04 bits per heavy atom. The summed E-state index contributed by atoms with van der Waals surface area (Å²) in [5.41, 5.74) is 0.467. The molecule has 1 atom stereocenters. The average Bonchev–Trinajstić information content (AvgIpc) is 3.08. The molecule has 24 heavy (non-hydrogen) atoms. The van der Waals surface area contributed by atoms with Crippen molar-refractivity contribution in [3.8, 4) is 5.75 Å². The fourth-order valence-corrected chi connectivity index (χ4v) is 2.55. The summed E-state index contributed by atoms with van der Waals surface area (Å²) in [5.74, 6) is -0.964. The van der Waals surface area contributed by atoms with E-state index in [2.05, 4.69) is 10.3 Å². The summed E-state index contributed by atoms with van der Waals surface area (Å²) in [6.07, 6.45) is 0.536. The van der Waals surface area contributed by atoms with E-state index in [-0.39, 0.29) is 0 Å². The number of rotatable bonds is 5. The molecule has 122 valence electrons. The van der Waals surface area contributed by atoms with E-state index < -0.39 is 23.6 Å². The number of ether oxygens (including phenoxy) is 1. The highest BCUT2D eigenvalue weighted by Gasteiger charge is 2.23. The minimum atomic E-state index is -1.03. The van der Waals surface area contributed by atoms with Crippen molar-refractivity contribution in [3.05, 3.63) is 77.3 Å². The van der Waals surface area contributed by atoms with E-state index in [4.69, 9.17) is 4.74 Å². The van der Waals surface area contributed by atoms with Crippen LogP contribution in [0.15, 0.2) is 60.1 Å². The topological polar surface area (TPSA) is 51.2 Å². The summed E-state index contributed by atoms with van der Waals surface area (Å²) in [7, 11) is 0. The van der Waals surface area contributed by atoms with Gasteiger partial charge in [0.2, 0.25) is 6.10 Å². The van der Waals surface area contributed by atoms with Crippen LogP contribution in [-0.2, 0) is 4.79 Å². The molecule has 0 aliphatic heterocycles. The number of anilines is 1. The number of carbonyl (C=O) groups excluding carboxylic acids is 1. The van der Waals surface area contributed by atoms with E-state index in [0.29, 0.717) is 16.4 Å². The largest absolute Gasteiger partial charge is 0.476 e. The van der Waals surface area contributed by atoms with Gasteiger partial charge in [-0.15, -0.1) is 11.3 Å². The summed E-state index contributed by atoms with van der Waals surface area (Å²) in [6, 6.07) is 10.7. The fourth-order valence-electron chi connectivity index (χ4n) is 2.02. The Morgan fingerprint density at radius 3 is 2.25 bits per heavy atom. The fraction of sp³-hybridized carbons (Fsp3) is 0.0588. The molecule has 1 N–H and O–H groups in total. The van der Waals surface area contributed by atoms with Crippen molar-refractivity contribution in [2.24, 2.45) is 0 Å². The van der Waals surface area contributed by atoms with Crippen molar-refractivity contribution in [1.82, 2.24) is 4.98 Å². The molecule has 0 aliphatic carbocycles. The minimum absolute atomic E-state index is 0.319. The summed E-state index contributed by atoms with van der Waals surface area (Å²) >= 11 is 1.27. The number of carbonyl (C=O) groups is 1. The average molecular weight is 346 g/mol. The van der Waals surface area contributed by atoms with E-state index in [1.54, 1.807) is 11.6 Å². The van der Waals surface area contributed by atoms with E-state index in [9.17, 15) is 13.6 Å². The van der Waals surface area contributed by atoms with Gasteiger partial charge in [0, 0.05) is 17.1 Å². The molecule has 0 saturated carbocycles. The number of hydrogen-bond acceptors (Lipinski definition) is 4. The SMILES string of the molecule is O=C(Nc1nccs1)C(Oc1ccc(F)cc1)c1ccc(F)cc1. The highest BCUT2D eigenvalue weighted by atomic mass is 32.1. The third-order valence-electron chi connectivity index (χ3n) is 3.14. The molecule has 3 rings (SSSR count). The number of nitrogens with one attached hydrogen (secondary N) is 1. The number of amides is 1. The summed E-state index contributed by atoms with van der Waals surface area (Å²) in [4.78, 5) is 16.5. The van der Waals surface area contributed by atoms with Crippen LogP contribution in [-0.4, -0.2) is 10.9 Å². The summed E-state index contributed by atoms with van der Waals surface area (Å²) < 4.78 is 31.8. The van der Waals surface area contributed by atoms with Crippen LogP contribution in [0.3, 0.4) is 0 Å². The van der Waals surface area contributed by atoms with Gasteiger partial charge in [-0.05, 0) is 36.4 Å². The van der Waals surface area contributed by atoms with Gasteiger partial charge >= 0.3 is 0 Å². The number of nitrogens with zero attached hydrogens (tertiary/aromatic N) is 1. The predicted octanol–water partition coefficient (Wildman–Crippen LogP) is 4.18. The summed E-state index contributed by atoms with van der Waals surface area (Å²) in [5, 5.41) is 4.79. The van der Waals surface area contributed by atoms with Crippen LogP contribution >= 0.6 is 11.3 Å². The van der Waals surface area contributed by atoms with Crippen LogP contribution in [0.25, 0.3) is 0 Å². The Bertz CT molecular complexity index is 806. The highest BCUT2D eigenvalue weighted by molar-refractivity contribution is 7.13. The first-order chi connectivity index (χ1) is 11.6. The van der Waals surface area contributed by atoms with Gasteiger partial charge in [-0.2, -0.15) is 0 Å². The van der Waals surface area contributed by atoms with Gasteiger partial charge in [-0.3, -0.25) is 10.1 Å². The smallest absolute Gasteiger partial charge is 0.271 e. The van der Waals surface area contributed by atoms with Crippen LogP contribution in [0.4, 0.5) is 13.9 Å². The van der Waals surface area contributed by atoms with Crippen molar-refractivity contribution >= 4 is 22.4 Å². The lowest BCUT2D eigenvalue weighted by Gasteiger charge is -2.18. The van der Waals surface area contributed by atoms with Crippen molar-refractivity contribution in [2.45, 2.75) is 6.10 Å². The van der Waals surface area contributed by atoms with Gasteiger partial charge in [0.25, 0.3) is 5.91 Å². The molecule has 4 nitrogen and oxygen atoms in total. The second-order valence-corrected chi connectivity index (χ2v) is 5.72. The van der Waals surface area contributed by atoms with Crippen molar-refractivity contribution in [2.75, 3.05) is 5.32 Å². The molecule has 0 radical (unpaired) electrons. The number of aromatic nitrogens is 1. The van der Waals surface area contributed by atoms with Crippen LogP contribution in [0.2, 0.25) is 0 Å². The lowest BCUT2D eigenvalue weighted by atomic mass is 10.1. The number of hydrogen-bond donors (Lipinski definition) is 1. The number of benzene rings is 2. The zero-order valence-electron chi connectivity index (χ0n) is 12.3. The normalized spacial score (nSPS) is 11.8. The first-order valence-corrected chi connectivity index (χ1v) is 7.88. The molecule has 1 aromatic heterocycles. The van der Waals surface area contributed by atoms with E-state index in [1.165, 1.54) is 59.9 Å². The summed E-state index contributed by atoms with van der Waals surface area (Å²) in [6.45, 7) is 0. The lowest BCUT2D eigenvalue weighted by molar-refractivity contribution is -0.123. The molecule has 0 bridgehead atoms. The molecule has 1 amide bonds. The number of thiazole rings is 1. The molecule has 0 saturated heterocycles. The molecular weight excluding hydrogens is 334 g/mol. The second kappa shape index (κ2) is 7.18. The molecular formula is C17H12F2N2O2S. The van der Waals surface area contributed by atoms with E-state index in [1.807, 2.05) is 0 Å². The van der Waals surface area contributed by atoms with Crippen LogP contribution < -0.4 is 10.1 Å². The van der Waals surface area contributed by atoms with Gasteiger partial charge in [-0.1, -0.05) is 12.1 Å². The second-order valence-electron chi connectivity index (χ2n) is 4.83. The van der Waals surface area contributed by atoms with Crippen molar-refractivity contribution in [3.63, 3.8) is 0 Å². The van der Waals surface area contributed by atoms with Crippen LogP contribution in [0.5, 0.6) is 5.75 Å². The molecule has 2 aromatic carbocycles. The maximum atomic E-state index is 13.1. The molecule has 1 heterocycles. The van der Waals surface area contributed by atoms with Gasteiger partial charge in [0.05, 0.1) is 0 Å². The van der Waals surface area contributed by atoms with E-state index in [0.717, 1.165) is 0 Å². The monoisotopic (exact) mass is 346 g/mol. The van der Waals surface area contributed by atoms with Gasteiger partial charge in [0.15, 0.2) is 5.13 Å². The third-order valence-corrected chi connectivity index (χ3v) is 3.83. The molecule has 0 aliphatic rings. The molecule has 1 unspecified atom stereocenters. The van der Waals surface area contributed by atoms with Crippen LogP contribution in [0.1, 0.15) is 11.7 Å². The van der Waals surface area contributed by atoms with E-state index >= 15 is 0 Å². The lowest BCUT2D eigenvalue weighted by Crippen LogP contribution is -2.25. The number of halogens is 2. The third kappa shape index (κ3) is 3.94. The minimum Gasteiger partial charge on any atom is -0.476 e. The Balaban J connectivity index is 1.86. The maximum Gasteiger partial charge on any atom is 0.271 e. The first kappa shape index (κ1) is 16.1. The molecule has 7 heteroatoms. The maximum absolute atomic E-state index is 13.1. The Hall–Kier alpha value is -2.80. The highest BCUT2D eigenvalue weighted by Crippen LogP contribution is 2.24. The molecule has 0 spiro atoms. The van der Waals surface area contributed by atoms with Gasteiger partial charge in [-0.25, -0.2) is 13.8 Å². The van der Waals surface area contributed by atoms with Gasteiger partial charge < -0.3 is 4.74 Å². The van der Waals surface area contributed by atoms with Crippen molar-refractivity contribution in [1.29, 1.82) is 0 Å². The Morgan fingerprint density at radius 2 is 1.67 bits per heavy atom. The standard InChI is InChI=1S/C17H12F2N2O2S/c18-12-3-1-11(2-4-12)15(16(22)21-17-20-9-10-24-17)23-14-7-5-13(19)6-8-14/h1-10,15H,(H,20,21,22). The Labute approximate surface area is 140 Å². The van der Waals surface area contributed by atoms with Gasteiger partial charge in [0.1, 0.15) is 17.4 Å². The quantitative estimate of drug-likeness (QED) is 0.754. The zero-order chi connectivity index (χ0) is 16.9. The molecule has 0 fully saturated rings. The van der Waals surface area contributed by atoms with Crippen LogP contribution in [0, 0.1) is 11.6 Å². The predicted molar refractivity (Wildman–Crippen MR) is 86.9 cm³/mol. The first-order valence-electron chi connectivity index (χ1n) is 7.00.